The summed E-state index contributed by atoms with van der Waals surface area (Å²) >= 11 is 25.1. The first-order chi connectivity index (χ1) is 42.4. The lowest BCUT2D eigenvalue weighted by Crippen LogP contribution is -2.39. The molecule has 462 valence electrons. The summed E-state index contributed by atoms with van der Waals surface area (Å²) in [5.41, 5.74) is 9.83. The number of methoxy groups -OCH3 is 1. The Balaban J connectivity index is 0.000000122. The van der Waals surface area contributed by atoms with Gasteiger partial charge in [0.05, 0.1) is 41.8 Å². The van der Waals surface area contributed by atoms with E-state index in [1.807, 2.05) is 74.5 Å². The van der Waals surface area contributed by atoms with E-state index >= 15 is 0 Å². The second-order valence-electron chi connectivity index (χ2n) is 25.9. The van der Waals surface area contributed by atoms with Crippen molar-refractivity contribution in [2.75, 3.05) is 46.4 Å². The molecule has 6 aliphatic rings. The van der Waals surface area contributed by atoms with E-state index in [9.17, 15) is 19.7 Å². The molecule has 0 bridgehead atoms. The molecule has 12 heterocycles. The molecule has 0 saturated carbocycles. The van der Waals surface area contributed by atoms with Gasteiger partial charge in [0.25, 0.3) is 0 Å². The Morgan fingerprint density at radius 1 is 0.455 bits per heavy atom. The molecule has 6 atom stereocenters. The zero-order chi connectivity index (χ0) is 61.2. The smallest absolute Gasteiger partial charge is 0.140 e. The van der Waals surface area contributed by atoms with Crippen LogP contribution >= 0.6 is 46.4 Å². The van der Waals surface area contributed by atoms with Crippen molar-refractivity contribution in [2.24, 2.45) is 0 Å². The highest BCUT2D eigenvalue weighted by atomic mass is 35.5. The zero-order valence-electron chi connectivity index (χ0n) is 50.6. The molecule has 0 amide bonds. The van der Waals surface area contributed by atoms with Crippen LogP contribution in [-0.2, 0) is 55.7 Å². The largest absolute Gasteiger partial charge is 0.497 e. The van der Waals surface area contributed by atoms with Crippen molar-refractivity contribution >= 4 is 79.5 Å². The number of aliphatic hydroxyl groups is 3. The Bertz CT molecular complexity index is 3840. The summed E-state index contributed by atoms with van der Waals surface area (Å²) in [7, 11) is 1.65. The number of benzene rings is 3. The van der Waals surface area contributed by atoms with Crippen molar-refractivity contribution in [1.29, 1.82) is 0 Å². The molecule has 3 fully saturated rings. The number of hydrogen-bond donors (Lipinski definition) is 3. The second-order valence-corrected chi connectivity index (χ2v) is 27.6. The van der Waals surface area contributed by atoms with Crippen molar-refractivity contribution in [2.45, 2.75) is 152 Å². The summed E-state index contributed by atoms with van der Waals surface area (Å²) in [5.74, 6) is 0.481. The number of fused-ring (bicyclic) bond motifs is 15. The van der Waals surface area contributed by atoms with Gasteiger partial charge in [-0.25, -0.2) is 19.3 Å². The highest BCUT2D eigenvalue weighted by molar-refractivity contribution is 6.32. The maximum Gasteiger partial charge on any atom is 0.140 e. The van der Waals surface area contributed by atoms with Crippen LogP contribution in [0.3, 0.4) is 0 Å². The fraction of sp³-hybridized carbons (Fsp3) is 0.443. The molecule has 6 unspecified atom stereocenters. The van der Waals surface area contributed by atoms with Crippen molar-refractivity contribution in [1.82, 2.24) is 43.4 Å². The number of hydrogen-bond acceptors (Lipinski definition) is 10. The van der Waals surface area contributed by atoms with E-state index in [0.717, 1.165) is 115 Å². The van der Waals surface area contributed by atoms with E-state index in [4.69, 9.17) is 61.1 Å². The van der Waals surface area contributed by atoms with Gasteiger partial charge in [-0.15, -0.1) is 0 Å². The zero-order valence-corrected chi connectivity index (χ0v) is 53.7. The van der Waals surface area contributed by atoms with Crippen LogP contribution in [0.1, 0.15) is 147 Å². The first kappa shape index (κ1) is 61.2. The first-order valence-electron chi connectivity index (χ1n) is 31.4. The number of halogens is 5. The molecule has 88 heavy (non-hydrogen) atoms. The van der Waals surface area contributed by atoms with E-state index in [-0.39, 0.29) is 5.82 Å². The topological polar surface area (TPSA) is 133 Å². The van der Waals surface area contributed by atoms with E-state index in [2.05, 4.69) is 39.5 Å². The average Bonchev–Trinajstić information content (AvgIpc) is 1.67. The van der Waals surface area contributed by atoms with Gasteiger partial charge in [0.15, 0.2) is 0 Å². The predicted molar refractivity (Wildman–Crippen MR) is 349 cm³/mol. The Morgan fingerprint density at radius 2 is 0.773 bits per heavy atom. The molecular formula is C70H78Cl4FN9O4. The molecule has 0 radical (unpaired) electrons. The van der Waals surface area contributed by atoms with Gasteiger partial charge >= 0.3 is 0 Å². The Labute approximate surface area is 534 Å². The van der Waals surface area contributed by atoms with Gasteiger partial charge in [0, 0.05) is 114 Å². The SMILES string of the molecule is CC(O)(Cn1c2c(c3cc(Cl)cnc31)C1CCCCN1CC2)c1ccc(Cl)cc1.CC(O)(Cn1c2c(c3cc(Cl)cnc31)C1CCCCN1CC2)c1ccc(F)cc1.COc1ccc(C(C)(O)Cn2c3c(c4cc(Cl)cnc42)C2CCCCN2CC3)cc1. The fourth-order valence-corrected chi connectivity index (χ4v) is 16.1. The van der Waals surface area contributed by atoms with E-state index < -0.39 is 16.8 Å². The van der Waals surface area contributed by atoms with Gasteiger partial charge in [-0.3, -0.25) is 14.7 Å². The molecule has 0 spiro atoms. The van der Waals surface area contributed by atoms with Crippen LogP contribution in [0, 0.1) is 5.82 Å². The van der Waals surface area contributed by atoms with Gasteiger partial charge in [0.1, 0.15) is 45.3 Å². The minimum atomic E-state index is -1.14. The van der Waals surface area contributed by atoms with Crippen molar-refractivity contribution in [3.63, 3.8) is 0 Å². The monoisotopic (exact) mass is 1270 g/mol. The van der Waals surface area contributed by atoms with Crippen LogP contribution in [0.5, 0.6) is 5.75 Å². The average molecular weight is 1270 g/mol. The van der Waals surface area contributed by atoms with E-state index in [1.54, 1.807) is 44.8 Å². The van der Waals surface area contributed by atoms with Gasteiger partial charge in [-0.2, -0.15) is 0 Å². The van der Waals surface area contributed by atoms with E-state index in [1.165, 1.54) is 97.3 Å². The number of pyridine rings is 3. The van der Waals surface area contributed by atoms with Crippen LogP contribution in [0.2, 0.25) is 20.1 Å². The molecule has 13 nitrogen and oxygen atoms in total. The molecule has 6 aromatic heterocycles. The minimum Gasteiger partial charge on any atom is -0.497 e. The van der Waals surface area contributed by atoms with Gasteiger partial charge < -0.3 is 33.8 Å². The van der Waals surface area contributed by atoms with Crippen LogP contribution in [0.25, 0.3) is 33.1 Å². The van der Waals surface area contributed by atoms with E-state index in [0.29, 0.717) is 63.4 Å². The molecule has 0 aliphatic carbocycles. The Hall–Kier alpha value is -5.62. The lowest BCUT2D eigenvalue weighted by Gasteiger charge is -2.40. The molecule has 9 aromatic rings. The quantitative estimate of drug-likeness (QED) is 0.122. The lowest BCUT2D eigenvalue weighted by atomic mass is 9.89. The van der Waals surface area contributed by atoms with Crippen molar-refractivity contribution in [3.8, 4) is 5.75 Å². The molecule has 15 rings (SSSR count). The van der Waals surface area contributed by atoms with Crippen LogP contribution < -0.4 is 4.74 Å². The first-order valence-corrected chi connectivity index (χ1v) is 32.9. The summed E-state index contributed by atoms with van der Waals surface area (Å²) in [6.07, 6.45) is 19.0. The standard InChI is InChI=1S/C24H28ClN3O2.C23H25Cl2N3O.C23H25ClFN3O/c1-24(29,16-6-8-18(30-2)9-7-16)15-28-21-10-12-27-11-4-3-5-20(27)22(21)19-13-17(25)14-26-23(19)28;1-23(29,15-5-7-16(24)8-6-15)14-28-20-9-11-27-10-3-2-4-19(27)21(20)18-12-17(25)13-26-22(18)28;1-23(29,15-5-7-17(25)8-6-15)14-28-20-9-11-27-10-3-2-4-19(27)21(20)18-12-16(24)13-26-22(18)28/h6-9,13-14,20,29H,3-5,10-12,15H2,1-2H3;2*5-8,12-13,19,29H,2-4,9-11,14H2,1H3. The maximum atomic E-state index is 13.4. The molecule has 3 N–H and O–H groups in total. The highest BCUT2D eigenvalue weighted by Crippen LogP contribution is 2.47. The predicted octanol–water partition coefficient (Wildman–Crippen LogP) is 14.8. The van der Waals surface area contributed by atoms with Crippen LogP contribution in [0.15, 0.2) is 110 Å². The minimum absolute atomic E-state index is 0.304. The highest BCUT2D eigenvalue weighted by Gasteiger charge is 2.40. The molecular weight excluding hydrogens is 1190 g/mol. The summed E-state index contributed by atoms with van der Waals surface area (Å²) < 4.78 is 25.3. The summed E-state index contributed by atoms with van der Waals surface area (Å²) in [6, 6.07) is 28.6. The summed E-state index contributed by atoms with van der Waals surface area (Å²) in [5, 5.41) is 40.1. The summed E-state index contributed by atoms with van der Waals surface area (Å²) in [6.45, 7) is 13.4. The van der Waals surface area contributed by atoms with Crippen LogP contribution in [-0.4, -0.2) is 105 Å². The van der Waals surface area contributed by atoms with Gasteiger partial charge in [0.2, 0.25) is 0 Å². The normalized spacial score (nSPS) is 21.4. The third kappa shape index (κ3) is 11.9. The number of piperidine rings is 3. The third-order valence-electron chi connectivity index (χ3n) is 19.8. The van der Waals surface area contributed by atoms with Crippen LogP contribution in [0.4, 0.5) is 4.39 Å². The fourth-order valence-electron chi connectivity index (χ4n) is 15.5. The van der Waals surface area contributed by atoms with Gasteiger partial charge in [-0.1, -0.05) is 102 Å². The second kappa shape index (κ2) is 24.9. The molecule has 18 heteroatoms. The molecule has 6 aliphatic heterocycles. The van der Waals surface area contributed by atoms with Crippen molar-refractivity contribution < 1.29 is 24.4 Å². The molecule has 3 saturated heterocycles. The Morgan fingerprint density at radius 3 is 1.10 bits per heavy atom. The van der Waals surface area contributed by atoms with Gasteiger partial charge in [-0.05, 0) is 167 Å². The number of nitrogens with zero attached hydrogens (tertiary/aromatic N) is 9. The number of ether oxygens (including phenoxy) is 1. The maximum absolute atomic E-state index is 13.4. The number of aromatic nitrogens is 6. The Kier molecular flexibility index (Phi) is 17.3. The van der Waals surface area contributed by atoms with Crippen molar-refractivity contribution in [3.05, 3.63) is 186 Å². The summed E-state index contributed by atoms with van der Waals surface area (Å²) in [4.78, 5) is 21.9. The third-order valence-corrected chi connectivity index (χ3v) is 20.7. The number of rotatable bonds is 10. The lowest BCUT2D eigenvalue weighted by molar-refractivity contribution is 0.0373. The molecule has 3 aromatic carbocycles.